The molecule has 0 aliphatic heterocycles. The fourth-order valence-electron chi connectivity index (χ4n) is 3.38. The van der Waals surface area contributed by atoms with Gasteiger partial charge in [0.15, 0.2) is 0 Å². The zero-order valence-corrected chi connectivity index (χ0v) is 16.6. The van der Waals surface area contributed by atoms with E-state index in [2.05, 4.69) is 0 Å². The van der Waals surface area contributed by atoms with Crippen molar-refractivity contribution < 1.29 is 22.7 Å². The molecule has 0 saturated heterocycles. The molecular weight excluding hydrogens is 395 g/mol. The zero-order valence-electron chi connectivity index (χ0n) is 15.7. The quantitative estimate of drug-likeness (QED) is 0.576. The summed E-state index contributed by atoms with van der Waals surface area (Å²) in [6.45, 7) is -0.738. The normalized spacial score (nSPS) is 13.8. The molecule has 3 N–H and O–H groups in total. The van der Waals surface area contributed by atoms with E-state index >= 15 is 0 Å². The highest BCUT2D eigenvalue weighted by molar-refractivity contribution is 7.90. The van der Waals surface area contributed by atoms with Crippen LogP contribution in [-0.4, -0.2) is 30.5 Å². The van der Waals surface area contributed by atoms with Crippen molar-refractivity contribution in [3.8, 4) is 0 Å². The van der Waals surface area contributed by atoms with Crippen molar-refractivity contribution in [2.75, 3.05) is 6.61 Å². The van der Waals surface area contributed by atoms with Crippen LogP contribution in [0.1, 0.15) is 27.3 Å². The Balaban J connectivity index is 2.06. The molecule has 3 aromatic rings. The first-order valence-electron chi connectivity index (χ1n) is 8.84. The largest absolute Gasteiger partial charge is 0.394 e. The van der Waals surface area contributed by atoms with Gasteiger partial charge in [0.25, 0.3) is 0 Å². The Morgan fingerprint density at radius 2 is 1.69 bits per heavy atom. The Bertz CT molecular complexity index is 1140. The molecule has 29 heavy (non-hydrogen) atoms. The van der Waals surface area contributed by atoms with Gasteiger partial charge in [-0.2, -0.15) is 0 Å². The standard InChI is InChI=1S/C21H21FN2O4S/c1-24-16(11-12-19(24)20(26)17-9-5-6-10-18(17)22)13-21(14-25,29(23,27)28)15-7-3-2-4-8-15/h2-12,25H,13-14H2,1H3,(H2,23,27,28). The summed E-state index contributed by atoms with van der Waals surface area (Å²) in [6, 6.07) is 16.9. The lowest BCUT2D eigenvalue weighted by molar-refractivity contribution is 0.102. The van der Waals surface area contributed by atoms with Crippen molar-refractivity contribution in [3.63, 3.8) is 0 Å². The number of aliphatic hydroxyl groups is 1. The summed E-state index contributed by atoms with van der Waals surface area (Å²) < 4.78 is 38.7. The van der Waals surface area contributed by atoms with Gasteiger partial charge in [-0.3, -0.25) is 4.79 Å². The summed E-state index contributed by atoms with van der Waals surface area (Å²) in [5, 5.41) is 15.6. The van der Waals surface area contributed by atoms with Crippen molar-refractivity contribution in [2.45, 2.75) is 11.2 Å². The molecule has 1 atom stereocenters. The van der Waals surface area contributed by atoms with Crippen molar-refractivity contribution in [1.82, 2.24) is 4.57 Å². The van der Waals surface area contributed by atoms with Crippen LogP contribution in [0.3, 0.4) is 0 Å². The molecule has 3 rings (SSSR count). The van der Waals surface area contributed by atoms with E-state index in [0.29, 0.717) is 11.3 Å². The molecule has 6 nitrogen and oxygen atoms in total. The number of rotatable bonds is 7. The number of carbonyl (C=O) groups excluding carboxylic acids is 1. The molecule has 0 fully saturated rings. The molecule has 0 aliphatic rings. The summed E-state index contributed by atoms with van der Waals surface area (Å²) in [4.78, 5) is 12.8. The number of hydrogen-bond donors (Lipinski definition) is 2. The molecule has 0 aliphatic carbocycles. The van der Waals surface area contributed by atoms with Crippen LogP contribution < -0.4 is 5.14 Å². The topological polar surface area (TPSA) is 102 Å². The summed E-state index contributed by atoms with van der Waals surface area (Å²) in [5.41, 5.74) is 0.910. The molecule has 0 spiro atoms. The van der Waals surface area contributed by atoms with Gasteiger partial charge in [-0.25, -0.2) is 17.9 Å². The van der Waals surface area contributed by atoms with Crippen LogP contribution in [0.15, 0.2) is 66.7 Å². The Morgan fingerprint density at radius 1 is 1.07 bits per heavy atom. The van der Waals surface area contributed by atoms with Crippen molar-refractivity contribution >= 4 is 15.8 Å². The number of aromatic nitrogens is 1. The monoisotopic (exact) mass is 416 g/mol. The van der Waals surface area contributed by atoms with Crippen LogP contribution in [-0.2, 0) is 28.2 Å². The number of benzene rings is 2. The lowest BCUT2D eigenvalue weighted by atomic mass is 9.94. The minimum absolute atomic E-state index is 0.0804. The SMILES string of the molecule is Cn1c(CC(CO)(c2ccccc2)S(N)(=O)=O)ccc1C(=O)c1ccccc1F. The smallest absolute Gasteiger partial charge is 0.221 e. The van der Waals surface area contributed by atoms with Gasteiger partial charge < -0.3 is 9.67 Å². The average Bonchev–Trinajstić information content (AvgIpc) is 3.05. The maximum Gasteiger partial charge on any atom is 0.221 e. The maximum absolute atomic E-state index is 14.0. The number of nitrogens with two attached hydrogens (primary N) is 1. The molecule has 1 aromatic heterocycles. The number of nitrogens with zero attached hydrogens (tertiary/aromatic N) is 1. The van der Waals surface area contributed by atoms with Gasteiger partial charge in [-0.15, -0.1) is 0 Å². The van der Waals surface area contributed by atoms with Gasteiger partial charge in [0, 0.05) is 19.2 Å². The van der Waals surface area contributed by atoms with Gasteiger partial charge in [-0.05, 0) is 29.8 Å². The fourth-order valence-corrected chi connectivity index (χ4v) is 4.37. The van der Waals surface area contributed by atoms with E-state index in [-0.39, 0.29) is 17.7 Å². The molecule has 1 unspecified atom stereocenters. The van der Waals surface area contributed by atoms with Gasteiger partial charge >= 0.3 is 0 Å². The van der Waals surface area contributed by atoms with Crippen LogP contribution in [0.4, 0.5) is 4.39 Å². The van der Waals surface area contributed by atoms with E-state index < -0.39 is 33.0 Å². The third-order valence-corrected chi connectivity index (χ3v) is 6.74. The van der Waals surface area contributed by atoms with E-state index in [9.17, 15) is 22.7 Å². The average molecular weight is 416 g/mol. The summed E-state index contributed by atoms with van der Waals surface area (Å²) in [6.07, 6.45) is -0.159. The van der Waals surface area contributed by atoms with Gasteiger partial charge in [-0.1, -0.05) is 42.5 Å². The molecule has 8 heteroatoms. The molecule has 2 aromatic carbocycles. The third kappa shape index (κ3) is 3.74. The molecule has 0 radical (unpaired) electrons. The predicted octanol–water partition coefficient (Wildman–Crippen LogP) is 2.11. The molecule has 0 amide bonds. The van der Waals surface area contributed by atoms with E-state index in [4.69, 9.17) is 5.14 Å². The highest BCUT2D eigenvalue weighted by Crippen LogP contribution is 2.33. The van der Waals surface area contributed by atoms with Crippen LogP contribution in [0.5, 0.6) is 0 Å². The second-order valence-electron chi connectivity index (χ2n) is 6.82. The van der Waals surface area contributed by atoms with Gasteiger partial charge in [0.2, 0.25) is 15.8 Å². The van der Waals surface area contributed by atoms with E-state index in [0.717, 1.165) is 0 Å². The first-order chi connectivity index (χ1) is 13.7. The number of sulfonamides is 1. The minimum Gasteiger partial charge on any atom is -0.394 e. The fraction of sp³-hybridized carbons (Fsp3) is 0.190. The summed E-state index contributed by atoms with van der Waals surface area (Å²) in [7, 11) is -2.64. The van der Waals surface area contributed by atoms with E-state index in [1.165, 1.54) is 28.8 Å². The van der Waals surface area contributed by atoms with Crippen LogP contribution in [0.2, 0.25) is 0 Å². The lowest BCUT2D eigenvalue weighted by Gasteiger charge is -2.30. The Morgan fingerprint density at radius 3 is 2.28 bits per heavy atom. The van der Waals surface area contributed by atoms with Gasteiger partial charge in [0.1, 0.15) is 10.6 Å². The maximum atomic E-state index is 14.0. The Hall–Kier alpha value is -2.81. The second-order valence-corrected chi connectivity index (χ2v) is 8.69. The molecular formula is C21H21FN2O4S. The third-order valence-electron chi connectivity index (χ3n) is 5.14. The molecule has 0 saturated carbocycles. The van der Waals surface area contributed by atoms with Crippen molar-refractivity contribution in [2.24, 2.45) is 12.2 Å². The molecule has 0 bridgehead atoms. The van der Waals surface area contributed by atoms with Crippen LogP contribution >= 0.6 is 0 Å². The van der Waals surface area contributed by atoms with E-state index in [1.54, 1.807) is 49.5 Å². The number of primary sulfonamides is 1. The summed E-state index contributed by atoms with van der Waals surface area (Å²) >= 11 is 0. The highest BCUT2D eigenvalue weighted by atomic mass is 32.2. The van der Waals surface area contributed by atoms with Crippen molar-refractivity contribution in [1.29, 1.82) is 0 Å². The van der Waals surface area contributed by atoms with Gasteiger partial charge in [0.05, 0.1) is 17.9 Å². The minimum atomic E-state index is -4.22. The highest BCUT2D eigenvalue weighted by Gasteiger charge is 2.44. The van der Waals surface area contributed by atoms with Crippen LogP contribution in [0.25, 0.3) is 0 Å². The second kappa shape index (κ2) is 7.90. The Kier molecular flexibility index (Phi) is 5.70. The van der Waals surface area contributed by atoms with E-state index in [1.807, 2.05) is 0 Å². The van der Waals surface area contributed by atoms with Crippen LogP contribution in [0, 0.1) is 5.82 Å². The number of carbonyl (C=O) groups is 1. The number of hydrogen-bond acceptors (Lipinski definition) is 4. The molecule has 1 heterocycles. The summed E-state index contributed by atoms with van der Waals surface area (Å²) in [5.74, 6) is -1.17. The first kappa shape index (κ1) is 20.9. The number of halogens is 1. The predicted molar refractivity (Wildman–Crippen MR) is 107 cm³/mol. The Labute approximate surface area is 168 Å². The first-order valence-corrected chi connectivity index (χ1v) is 10.4. The zero-order chi connectivity index (χ0) is 21.2. The number of ketones is 1. The van der Waals surface area contributed by atoms with Crippen molar-refractivity contribution in [3.05, 3.63) is 95.1 Å². The molecule has 152 valence electrons. The lowest BCUT2D eigenvalue weighted by Crippen LogP contribution is -2.46. The number of aliphatic hydroxyl groups excluding tert-OH is 1.